The van der Waals surface area contributed by atoms with Gasteiger partial charge in [-0.05, 0) is 69.1 Å². The summed E-state index contributed by atoms with van der Waals surface area (Å²) in [5.74, 6) is 0. The highest BCUT2D eigenvalue weighted by molar-refractivity contribution is 8.00. The van der Waals surface area contributed by atoms with Gasteiger partial charge in [-0.2, -0.15) is 0 Å². The van der Waals surface area contributed by atoms with Crippen LogP contribution in [0.15, 0.2) is 180 Å². The summed E-state index contributed by atoms with van der Waals surface area (Å²) in [6.45, 7) is 0.150. The van der Waals surface area contributed by atoms with E-state index in [9.17, 15) is 0 Å². The molecule has 0 unspecified atom stereocenters. The lowest BCUT2D eigenvalue weighted by atomic mass is 9.34. The van der Waals surface area contributed by atoms with Gasteiger partial charge in [0, 0.05) is 26.7 Å². The van der Waals surface area contributed by atoms with Gasteiger partial charge in [-0.15, -0.1) is 0 Å². The third kappa shape index (κ3) is 4.35. The molecule has 210 valence electrons. The Kier molecular flexibility index (Phi) is 6.24. The maximum atomic E-state index is 2.54. The van der Waals surface area contributed by atoms with Gasteiger partial charge in [0.2, 0.25) is 6.71 Å². The van der Waals surface area contributed by atoms with Crippen molar-refractivity contribution in [1.82, 2.24) is 0 Å². The smallest absolute Gasteiger partial charge is 0.249 e. The molecule has 3 heteroatoms. The normalized spacial score (nSPS) is 12.7. The van der Waals surface area contributed by atoms with Crippen molar-refractivity contribution in [2.24, 2.45) is 0 Å². The van der Waals surface area contributed by atoms with Crippen molar-refractivity contribution in [2.75, 3.05) is 4.90 Å². The minimum atomic E-state index is 0.150. The van der Waals surface area contributed by atoms with E-state index in [-0.39, 0.29) is 6.71 Å². The molecule has 0 atom stereocenters. The lowest BCUT2D eigenvalue weighted by molar-refractivity contribution is 1.27. The van der Waals surface area contributed by atoms with E-state index in [2.05, 4.69) is 175 Å². The van der Waals surface area contributed by atoms with Crippen molar-refractivity contribution < 1.29 is 0 Å². The van der Waals surface area contributed by atoms with Crippen LogP contribution in [0.5, 0.6) is 0 Å². The molecule has 0 radical (unpaired) electrons. The number of fused-ring (bicyclic) bond motifs is 4. The van der Waals surface area contributed by atoms with Gasteiger partial charge in [-0.25, -0.2) is 0 Å². The highest BCUT2D eigenvalue weighted by Gasteiger charge is 2.41. The molecule has 2 aliphatic rings. The predicted molar refractivity (Wildman–Crippen MR) is 193 cm³/mol. The molecule has 9 rings (SSSR count). The minimum Gasteiger partial charge on any atom is -0.311 e. The zero-order valence-electron chi connectivity index (χ0n) is 24.6. The van der Waals surface area contributed by atoms with Crippen LogP contribution < -0.4 is 21.3 Å². The molecule has 0 bridgehead atoms. The number of hydrogen-bond donors (Lipinski definition) is 0. The number of benzene rings is 7. The summed E-state index contributed by atoms with van der Waals surface area (Å²) in [5.41, 5.74) is 15.1. The third-order valence-corrected chi connectivity index (χ3v) is 10.3. The molecule has 7 aromatic carbocycles. The molecule has 0 fully saturated rings. The van der Waals surface area contributed by atoms with Crippen LogP contribution in [-0.4, -0.2) is 6.71 Å². The standard InChI is InChI=1S/C42H28BNS/c1-4-14-29(15-5-1)32-24-25-35-38(26-32)44(37-22-12-10-20-34(37)31-18-8-3-9-19-31)39-27-33(30-16-6-2-7-17-30)28-41-42(39)43(35)36-21-11-13-23-40(36)45-41/h1-28H. The number of para-hydroxylation sites is 1. The molecule has 0 N–H and O–H groups in total. The van der Waals surface area contributed by atoms with Crippen molar-refractivity contribution in [3.8, 4) is 33.4 Å². The molecular formula is C42H28BNS. The van der Waals surface area contributed by atoms with Crippen molar-refractivity contribution in [1.29, 1.82) is 0 Å². The Labute approximate surface area is 268 Å². The SMILES string of the molecule is c1ccc(-c2ccc3c(c2)N(c2ccccc2-c2ccccc2)c2cc(-c4ccccc4)cc4c2B3c2ccccc2S4)cc1. The van der Waals surface area contributed by atoms with Crippen LogP contribution in [-0.2, 0) is 0 Å². The topological polar surface area (TPSA) is 3.24 Å². The van der Waals surface area contributed by atoms with Gasteiger partial charge in [0.25, 0.3) is 0 Å². The van der Waals surface area contributed by atoms with Crippen molar-refractivity contribution in [3.05, 3.63) is 170 Å². The van der Waals surface area contributed by atoms with E-state index in [0.717, 1.165) is 0 Å². The Morgan fingerprint density at radius 3 is 1.73 bits per heavy atom. The summed E-state index contributed by atoms with van der Waals surface area (Å²) >= 11 is 1.90. The quantitative estimate of drug-likeness (QED) is 0.188. The van der Waals surface area contributed by atoms with Crippen LogP contribution in [0, 0.1) is 0 Å². The van der Waals surface area contributed by atoms with Gasteiger partial charge in [-0.1, -0.05) is 157 Å². The van der Waals surface area contributed by atoms with Gasteiger partial charge >= 0.3 is 0 Å². The molecule has 0 aromatic heterocycles. The average Bonchev–Trinajstić information content (AvgIpc) is 3.12. The zero-order chi connectivity index (χ0) is 29.7. The molecule has 7 aromatic rings. The summed E-state index contributed by atoms with van der Waals surface area (Å²) in [4.78, 5) is 5.21. The number of anilines is 3. The second-order valence-electron chi connectivity index (χ2n) is 11.7. The second-order valence-corrected chi connectivity index (χ2v) is 12.8. The van der Waals surface area contributed by atoms with Gasteiger partial charge in [-0.3, -0.25) is 0 Å². The minimum absolute atomic E-state index is 0.150. The number of hydrogen-bond acceptors (Lipinski definition) is 2. The summed E-state index contributed by atoms with van der Waals surface area (Å²) in [6, 6.07) is 62.1. The molecule has 45 heavy (non-hydrogen) atoms. The second kappa shape index (κ2) is 10.7. The Balaban J connectivity index is 1.38. The summed E-state index contributed by atoms with van der Waals surface area (Å²) in [6.07, 6.45) is 0. The predicted octanol–water partition coefficient (Wildman–Crippen LogP) is 9.45. The molecule has 0 aliphatic carbocycles. The highest BCUT2D eigenvalue weighted by Crippen LogP contribution is 2.46. The van der Waals surface area contributed by atoms with Crippen LogP contribution in [0.25, 0.3) is 33.4 Å². The Morgan fingerprint density at radius 1 is 0.378 bits per heavy atom. The average molecular weight is 590 g/mol. The first-order valence-corrected chi connectivity index (χ1v) is 16.3. The summed E-state index contributed by atoms with van der Waals surface area (Å²) < 4.78 is 0. The molecule has 0 amide bonds. The first-order chi connectivity index (χ1) is 22.3. The van der Waals surface area contributed by atoms with E-state index in [1.807, 2.05) is 11.8 Å². The Bertz CT molecular complexity index is 2190. The maximum absolute atomic E-state index is 2.54. The lowest BCUT2D eigenvalue weighted by Gasteiger charge is -2.41. The van der Waals surface area contributed by atoms with Gasteiger partial charge in [0.05, 0.1) is 5.69 Å². The maximum Gasteiger partial charge on any atom is 0.249 e. The van der Waals surface area contributed by atoms with E-state index in [0.29, 0.717) is 0 Å². The number of nitrogens with zero attached hydrogens (tertiary/aromatic N) is 1. The van der Waals surface area contributed by atoms with E-state index in [1.165, 1.54) is 76.6 Å². The molecule has 2 aliphatic heterocycles. The fourth-order valence-electron chi connectivity index (χ4n) is 7.09. The van der Waals surface area contributed by atoms with E-state index in [1.54, 1.807) is 0 Å². The monoisotopic (exact) mass is 589 g/mol. The highest BCUT2D eigenvalue weighted by atomic mass is 32.2. The van der Waals surface area contributed by atoms with Crippen LogP contribution in [0.3, 0.4) is 0 Å². The summed E-state index contributed by atoms with van der Waals surface area (Å²) in [7, 11) is 0. The van der Waals surface area contributed by atoms with Crippen LogP contribution >= 0.6 is 11.8 Å². The molecule has 1 nitrogen and oxygen atoms in total. The molecule has 0 spiro atoms. The Morgan fingerprint density at radius 2 is 0.978 bits per heavy atom. The van der Waals surface area contributed by atoms with Crippen molar-refractivity contribution in [3.63, 3.8) is 0 Å². The largest absolute Gasteiger partial charge is 0.311 e. The van der Waals surface area contributed by atoms with Crippen molar-refractivity contribution >= 4 is 51.9 Å². The summed E-state index contributed by atoms with van der Waals surface area (Å²) in [5, 5.41) is 0. The fourth-order valence-corrected chi connectivity index (χ4v) is 8.29. The van der Waals surface area contributed by atoms with Gasteiger partial charge in [0.15, 0.2) is 0 Å². The zero-order valence-corrected chi connectivity index (χ0v) is 25.4. The molecule has 0 saturated heterocycles. The van der Waals surface area contributed by atoms with Crippen molar-refractivity contribution in [2.45, 2.75) is 9.79 Å². The van der Waals surface area contributed by atoms with Crippen LogP contribution in [0.4, 0.5) is 17.1 Å². The lowest BCUT2D eigenvalue weighted by Crippen LogP contribution is -2.59. The molecule has 2 heterocycles. The van der Waals surface area contributed by atoms with Gasteiger partial charge < -0.3 is 4.90 Å². The molecular weight excluding hydrogens is 561 g/mol. The van der Waals surface area contributed by atoms with Crippen LogP contribution in [0.1, 0.15) is 0 Å². The van der Waals surface area contributed by atoms with Crippen LogP contribution in [0.2, 0.25) is 0 Å². The van der Waals surface area contributed by atoms with E-state index in [4.69, 9.17) is 0 Å². The van der Waals surface area contributed by atoms with E-state index >= 15 is 0 Å². The Hall–Kier alpha value is -5.25. The van der Waals surface area contributed by atoms with E-state index < -0.39 is 0 Å². The first kappa shape index (κ1) is 26.2. The fraction of sp³-hybridized carbons (Fsp3) is 0. The number of rotatable bonds is 4. The third-order valence-electron chi connectivity index (χ3n) is 9.13. The first-order valence-electron chi connectivity index (χ1n) is 15.5. The van der Waals surface area contributed by atoms with Gasteiger partial charge in [0.1, 0.15) is 0 Å². The molecule has 0 saturated carbocycles.